The van der Waals surface area contributed by atoms with Gasteiger partial charge < -0.3 is 14.2 Å². The third-order valence-corrected chi connectivity index (χ3v) is 5.54. The molecule has 0 aliphatic heterocycles. The maximum absolute atomic E-state index is 11.8. The van der Waals surface area contributed by atoms with E-state index in [-0.39, 0.29) is 11.9 Å². The number of ether oxygens (including phenoxy) is 3. The second-order valence-electron chi connectivity index (χ2n) is 7.81. The molecule has 2 aromatic rings. The van der Waals surface area contributed by atoms with E-state index in [1.54, 1.807) is 6.07 Å². The van der Waals surface area contributed by atoms with E-state index >= 15 is 0 Å². The molecule has 1 aliphatic carbocycles. The number of aryl methyl sites for hydroxylation is 2. The molecule has 31 heavy (non-hydrogen) atoms. The molecule has 0 aromatic heterocycles. The van der Waals surface area contributed by atoms with Crippen LogP contribution in [0.2, 0.25) is 0 Å². The van der Waals surface area contributed by atoms with E-state index in [1.807, 2.05) is 25.1 Å². The lowest BCUT2D eigenvalue weighted by atomic mass is 9.98. The molecule has 0 amide bonds. The van der Waals surface area contributed by atoms with Crippen molar-refractivity contribution in [3.8, 4) is 11.5 Å². The molecule has 5 heteroatoms. The summed E-state index contributed by atoms with van der Waals surface area (Å²) in [4.78, 5) is 15.3. The number of hydrogen-bond acceptors (Lipinski definition) is 4. The minimum absolute atomic E-state index is 0.119. The van der Waals surface area contributed by atoms with Crippen LogP contribution in [0.5, 0.6) is 11.5 Å². The van der Waals surface area contributed by atoms with E-state index in [4.69, 9.17) is 20.8 Å². The van der Waals surface area contributed by atoms with Crippen LogP contribution in [0.4, 0.5) is 5.69 Å². The highest BCUT2D eigenvalue weighted by Gasteiger charge is 2.25. The first kappa shape index (κ1) is 22.7. The molecular weight excluding hydrogens is 390 g/mol. The molecule has 2 aromatic carbocycles. The van der Waals surface area contributed by atoms with Crippen molar-refractivity contribution in [2.24, 2.45) is 0 Å². The van der Waals surface area contributed by atoms with Crippen molar-refractivity contribution < 1.29 is 19.0 Å². The lowest BCUT2D eigenvalue weighted by Crippen LogP contribution is -2.08. The van der Waals surface area contributed by atoms with Crippen molar-refractivity contribution in [2.45, 2.75) is 58.3 Å². The molecule has 1 aliphatic rings. The minimum Gasteiger partial charge on any atom is -0.493 e. The lowest BCUT2D eigenvalue weighted by Gasteiger charge is -2.13. The molecule has 0 saturated carbocycles. The number of hydrogen-bond donors (Lipinski definition) is 0. The maximum Gasteiger partial charge on any atom is 0.306 e. The van der Waals surface area contributed by atoms with Gasteiger partial charge in [-0.1, -0.05) is 25.5 Å². The van der Waals surface area contributed by atoms with Crippen molar-refractivity contribution in [3.63, 3.8) is 0 Å². The highest BCUT2D eigenvalue weighted by molar-refractivity contribution is 5.71. The maximum atomic E-state index is 11.8. The standard InChI is InChI=1S/C26H31NO4/c1-4-7-21-16-22(27-3)10-13-25(21)31-15-6-14-30-23-11-12-24-19(17-23)8-9-20(24)18-26(28)29-5-2/h10-13,16-17,20H,4-9,14-15,18H2,1-2H3/t20-/m0/s1. The Hall–Kier alpha value is -3.00. The molecule has 1 atom stereocenters. The number of carbonyl (C=O) groups is 1. The van der Waals surface area contributed by atoms with Crippen LogP contribution < -0.4 is 9.47 Å². The third kappa shape index (κ3) is 6.24. The Morgan fingerprint density at radius 2 is 1.97 bits per heavy atom. The van der Waals surface area contributed by atoms with Crippen LogP contribution in [-0.4, -0.2) is 25.8 Å². The summed E-state index contributed by atoms with van der Waals surface area (Å²) in [6.07, 6.45) is 5.10. The van der Waals surface area contributed by atoms with Gasteiger partial charge in [0.15, 0.2) is 5.69 Å². The van der Waals surface area contributed by atoms with Crippen molar-refractivity contribution in [2.75, 3.05) is 19.8 Å². The van der Waals surface area contributed by atoms with Gasteiger partial charge in [0.25, 0.3) is 0 Å². The molecule has 0 radical (unpaired) electrons. The van der Waals surface area contributed by atoms with Gasteiger partial charge in [-0.25, -0.2) is 4.85 Å². The second-order valence-corrected chi connectivity index (χ2v) is 7.81. The van der Waals surface area contributed by atoms with Gasteiger partial charge in [-0.15, -0.1) is 0 Å². The van der Waals surface area contributed by atoms with Crippen molar-refractivity contribution in [1.82, 2.24) is 0 Å². The molecule has 0 fully saturated rings. The van der Waals surface area contributed by atoms with Crippen LogP contribution in [-0.2, 0) is 22.4 Å². The minimum atomic E-state index is -0.119. The summed E-state index contributed by atoms with van der Waals surface area (Å²) in [5.74, 6) is 1.86. The summed E-state index contributed by atoms with van der Waals surface area (Å²) in [6, 6.07) is 11.8. The monoisotopic (exact) mass is 421 g/mol. The van der Waals surface area contributed by atoms with Gasteiger partial charge in [0.1, 0.15) is 11.5 Å². The average molecular weight is 422 g/mol. The number of fused-ring (bicyclic) bond motifs is 1. The molecule has 0 N–H and O–H groups in total. The number of carbonyl (C=O) groups excluding carboxylic acids is 1. The molecule has 0 unspecified atom stereocenters. The fourth-order valence-electron chi connectivity index (χ4n) is 4.08. The Bertz CT molecular complexity index is 931. The van der Waals surface area contributed by atoms with E-state index < -0.39 is 0 Å². The van der Waals surface area contributed by atoms with E-state index in [1.165, 1.54) is 11.1 Å². The Balaban J connectivity index is 1.46. The van der Waals surface area contributed by atoms with Gasteiger partial charge in [0, 0.05) is 6.42 Å². The van der Waals surface area contributed by atoms with Crippen LogP contribution in [0, 0.1) is 6.57 Å². The predicted octanol–water partition coefficient (Wildman–Crippen LogP) is 6.02. The summed E-state index contributed by atoms with van der Waals surface area (Å²) in [5.41, 5.74) is 4.26. The van der Waals surface area contributed by atoms with Crippen LogP contribution >= 0.6 is 0 Å². The zero-order valence-electron chi connectivity index (χ0n) is 18.5. The summed E-state index contributed by atoms with van der Waals surface area (Å²) in [6.45, 7) is 12.7. The quantitative estimate of drug-likeness (QED) is 0.253. The number of benzene rings is 2. The van der Waals surface area contributed by atoms with E-state index in [0.29, 0.717) is 31.9 Å². The van der Waals surface area contributed by atoms with Crippen molar-refractivity contribution >= 4 is 11.7 Å². The fourth-order valence-corrected chi connectivity index (χ4v) is 4.08. The highest BCUT2D eigenvalue weighted by Crippen LogP contribution is 2.37. The fraction of sp³-hybridized carbons (Fsp3) is 0.462. The molecule has 3 rings (SSSR count). The largest absolute Gasteiger partial charge is 0.493 e. The number of rotatable bonds is 11. The topological polar surface area (TPSA) is 49.1 Å². The summed E-state index contributed by atoms with van der Waals surface area (Å²) >= 11 is 0. The number of nitrogens with zero attached hydrogens (tertiary/aromatic N) is 1. The Morgan fingerprint density at radius 1 is 1.13 bits per heavy atom. The van der Waals surface area contributed by atoms with Gasteiger partial charge in [0.2, 0.25) is 0 Å². The Labute approximate surface area is 185 Å². The first-order valence-corrected chi connectivity index (χ1v) is 11.2. The summed E-state index contributed by atoms with van der Waals surface area (Å²) in [5, 5.41) is 0. The lowest BCUT2D eigenvalue weighted by molar-refractivity contribution is -0.143. The first-order chi connectivity index (χ1) is 15.1. The van der Waals surface area contributed by atoms with E-state index in [9.17, 15) is 4.79 Å². The van der Waals surface area contributed by atoms with Crippen molar-refractivity contribution in [1.29, 1.82) is 0 Å². The molecule has 5 nitrogen and oxygen atoms in total. The predicted molar refractivity (Wildman–Crippen MR) is 121 cm³/mol. The molecular formula is C26H31NO4. The molecule has 164 valence electrons. The Kier molecular flexibility index (Phi) is 8.35. The normalized spacial score (nSPS) is 14.5. The number of esters is 1. The SMILES string of the molecule is [C-]#[N+]c1ccc(OCCCOc2ccc3c(c2)CC[C@H]3CC(=O)OCC)c(CCC)c1. The van der Waals surface area contributed by atoms with Gasteiger partial charge in [-0.3, -0.25) is 4.79 Å². The average Bonchev–Trinajstić information content (AvgIpc) is 3.16. The van der Waals surface area contributed by atoms with Crippen LogP contribution in [0.25, 0.3) is 4.85 Å². The van der Waals surface area contributed by atoms with Gasteiger partial charge in [-0.2, -0.15) is 0 Å². The second kappa shape index (κ2) is 11.4. The molecule has 0 heterocycles. The van der Waals surface area contributed by atoms with Gasteiger partial charge >= 0.3 is 5.97 Å². The van der Waals surface area contributed by atoms with Crippen LogP contribution in [0.15, 0.2) is 36.4 Å². The first-order valence-electron chi connectivity index (χ1n) is 11.2. The molecule has 0 bridgehead atoms. The zero-order valence-corrected chi connectivity index (χ0v) is 18.5. The smallest absolute Gasteiger partial charge is 0.306 e. The van der Waals surface area contributed by atoms with E-state index in [2.05, 4.69) is 23.9 Å². The highest BCUT2D eigenvalue weighted by atomic mass is 16.5. The molecule has 0 spiro atoms. The Morgan fingerprint density at radius 3 is 2.74 bits per heavy atom. The zero-order chi connectivity index (χ0) is 22.1. The third-order valence-electron chi connectivity index (χ3n) is 5.54. The van der Waals surface area contributed by atoms with E-state index in [0.717, 1.165) is 49.2 Å². The molecule has 0 saturated heterocycles. The van der Waals surface area contributed by atoms with Crippen LogP contribution in [0.1, 0.15) is 62.1 Å². The van der Waals surface area contributed by atoms with Crippen LogP contribution in [0.3, 0.4) is 0 Å². The summed E-state index contributed by atoms with van der Waals surface area (Å²) < 4.78 is 17.0. The van der Waals surface area contributed by atoms with Crippen molar-refractivity contribution in [3.05, 3.63) is 64.5 Å². The van der Waals surface area contributed by atoms with Gasteiger partial charge in [0.05, 0.1) is 32.8 Å². The van der Waals surface area contributed by atoms with Gasteiger partial charge in [-0.05, 0) is 73.1 Å². The summed E-state index contributed by atoms with van der Waals surface area (Å²) in [7, 11) is 0.